The molecule has 27 heavy (non-hydrogen) atoms. The maximum absolute atomic E-state index is 11.8. The van der Waals surface area contributed by atoms with Crippen molar-refractivity contribution in [1.29, 1.82) is 15.8 Å². The summed E-state index contributed by atoms with van der Waals surface area (Å²) in [4.78, 5) is 13.4. The second kappa shape index (κ2) is 10.1. The van der Waals surface area contributed by atoms with E-state index in [1.807, 2.05) is 36.4 Å². The highest BCUT2D eigenvalue weighted by Gasteiger charge is 2.32. The summed E-state index contributed by atoms with van der Waals surface area (Å²) in [6.45, 7) is 4.26. The zero-order chi connectivity index (χ0) is 19.6. The average Bonchev–Trinajstić information content (AvgIpc) is 2.70. The van der Waals surface area contributed by atoms with Gasteiger partial charge in [0.2, 0.25) is 5.91 Å². The lowest BCUT2D eigenvalue weighted by Crippen LogP contribution is -3.11. The minimum Gasteiger partial charge on any atom is -0.370 e. The first-order valence-electron chi connectivity index (χ1n) is 8.78. The van der Waals surface area contributed by atoms with Crippen molar-refractivity contribution in [2.75, 3.05) is 33.4 Å². The molecule has 0 aromatic heterocycles. The van der Waals surface area contributed by atoms with Crippen LogP contribution in [0.15, 0.2) is 41.6 Å². The Kier molecular flexibility index (Phi) is 7.52. The highest BCUT2D eigenvalue weighted by atomic mass is 16.5. The van der Waals surface area contributed by atoms with Crippen molar-refractivity contribution in [3.05, 3.63) is 47.2 Å². The van der Waals surface area contributed by atoms with Crippen LogP contribution in [0.4, 0.5) is 0 Å². The van der Waals surface area contributed by atoms with Gasteiger partial charge in [0.1, 0.15) is 13.1 Å². The summed E-state index contributed by atoms with van der Waals surface area (Å²) in [5.41, 5.74) is 1.22. The maximum Gasteiger partial charge on any atom is 0.225 e. The SMILES string of the molecule is C[NH+]1CCOCC1.N#CC1=C(C(C#N)C#N)NC(=O)CC1c1ccccc1. The lowest BCUT2D eigenvalue weighted by atomic mass is 9.83. The van der Waals surface area contributed by atoms with E-state index in [4.69, 9.17) is 15.3 Å². The molecule has 1 atom stereocenters. The third kappa shape index (κ3) is 5.39. The van der Waals surface area contributed by atoms with Gasteiger partial charge < -0.3 is 15.0 Å². The predicted molar refractivity (Wildman–Crippen MR) is 96.7 cm³/mol. The Balaban J connectivity index is 0.000000313. The number of nitriles is 3. The lowest BCUT2D eigenvalue weighted by molar-refractivity contribution is -0.888. The maximum atomic E-state index is 11.8. The van der Waals surface area contributed by atoms with Crippen LogP contribution in [0.3, 0.4) is 0 Å². The molecular formula is C20H22N5O2+. The molecule has 1 unspecified atom stereocenters. The number of carbonyl (C=O) groups excluding carboxylic acids is 1. The van der Waals surface area contributed by atoms with Crippen LogP contribution in [0.1, 0.15) is 17.9 Å². The van der Waals surface area contributed by atoms with Gasteiger partial charge in [0.05, 0.1) is 49.7 Å². The van der Waals surface area contributed by atoms with Crippen molar-refractivity contribution >= 4 is 5.91 Å². The van der Waals surface area contributed by atoms with Crippen LogP contribution in [-0.4, -0.2) is 39.3 Å². The van der Waals surface area contributed by atoms with Gasteiger partial charge in [0, 0.05) is 12.3 Å². The zero-order valence-electron chi connectivity index (χ0n) is 15.2. The fraction of sp³-hybridized carbons (Fsp3) is 0.400. The number of nitrogens with one attached hydrogen (secondary N) is 2. The second-order valence-corrected chi connectivity index (χ2v) is 6.42. The Bertz CT molecular complexity index is 794. The number of quaternary nitrogens is 1. The molecule has 2 aliphatic rings. The van der Waals surface area contributed by atoms with E-state index in [-0.39, 0.29) is 23.6 Å². The van der Waals surface area contributed by atoms with Crippen molar-refractivity contribution in [3.8, 4) is 18.2 Å². The van der Waals surface area contributed by atoms with Crippen molar-refractivity contribution in [3.63, 3.8) is 0 Å². The molecule has 2 aliphatic heterocycles. The summed E-state index contributed by atoms with van der Waals surface area (Å²) >= 11 is 0. The summed E-state index contributed by atoms with van der Waals surface area (Å²) < 4.78 is 5.12. The fourth-order valence-electron chi connectivity index (χ4n) is 2.96. The van der Waals surface area contributed by atoms with Gasteiger partial charge in [-0.25, -0.2) is 0 Å². The lowest BCUT2D eigenvalue weighted by Gasteiger charge is -2.25. The van der Waals surface area contributed by atoms with Crippen LogP contribution >= 0.6 is 0 Å². The molecule has 7 nitrogen and oxygen atoms in total. The number of morpholine rings is 1. The smallest absolute Gasteiger partial charge is 0.225 e. The largest absolute Gasteiger partial charge is 0.370 e. The number of nitrogens with zero attached hydrogens (tertiary/aromatic N) is 3. The van der Waals surface area contributed by atoms with E-state index in [9.17, 15) is 10.1 Å². The molecule has 0 radical (unpaired) electrons. The molecule has 2 heterocycles. The minimum atomic E-state index is -1.14. The zero-order valence-corrected chi connectivity index (χ0v) is 15.2. The van der Waals surface area contributed by atoms with Crippen molar-refractivity contribution < 1.29 is 14.4 Å². The van der Waals surface area contributed by atoms with Crippen LogP contribution in [0.2, 0.25) is 0 Å². The van der Waals surface area contributed by atoms with Gasteiger partial charge in [0.25, 0.3) is 0 Å². The van der Waals surface area contributed by atoms with Gasteiger partial charge in [-0.2, -0.15) is 15.8 Å². The van der Waals surface area contributed by atoms with Crippen LogP contribution in [0, 0.1) is 39.9 Å². The van der Waals surface area contributed by atoms with Gasteiger partial charge >= 0.3 is 0 Å². The molecule has 0 bridgehead atoms. The molecule has 3 rings (SSSR count). The van der Waals surface area contributed by atoms with E-state index in [1.165, 1.54) is 13.1 Å². The van der Waals surface area contributed by atoms with E-state index < -0.39 is 11.8 Å². The number of hydrogen-bond acceptors (Lipinski definition) is 5. The van der Waals surface area contributed by atoms with Crippen LogP contribution < -0.4 is 10.2 Å². The number of rotatable bonds is 2. The van der Waals surface area contributed by atoms with Gasteiger partial charge in [-0.15, -0.1) is 0 Å². The molecule has 1 fully saturated rings. The van der Waals surface area contributed by atoms with Gasteiger partial charge in [0.15, 0.2) is 5.92 Å². The fourth-order valence-corrected chi connectivity index (χ4v) is 2.96. The summed E-state index contributed by atoms with van der Waals surface area (Å²) in [5, 5.41) is 29.8. The number of allylic oxidation sites excluding steroid dienone is 2. The minimum absolute atomic E-state index is 0.114. The van der Waals surface area contributed by atoms with E-state index in [2.05, 4.69) is 12.4 Å². The van der Waals surface area contributed by atoms with Crippen LogP contribution in [0.5, 0.6) is 0 Å². The van der Waals surface area contributed by atoms with E-state index in [0.717, 1.165) is 18.8 Å². The molecule has 0 saturated carbocycles. The number of carbonyl (C=O) groups is 1. The highest BCUT2D eigenvalue weighted by molar-refractivity contribution is 5.82. The summed E-state index contributed by atoms with van der Waals surface area (Å²) in [6.07, 6.45) is 0.139. The molecule has 7 heteroatoms. The van der Waals surface area contributed by atoms with Crippen molar-refractivity contribution in [2.45, 2.75) is 12.3 Å². The van der Waals surface area contributed by atoms with E-state index >= 15 is 0 Å². The monoisotopic (exact) mass is 364 g/mol. The van der Waals surface area contributed by atoms with Gasteiger partial charge in [-0.05, 0) is 5.56 Å². The molecule has 1 aromatic rings. The third-order valence-electron chi connectivity index (χ3n) is 4.52. The Morgan fingerprint density at radius 2 is 1.78 bits per heavy atom. The first-order chi connectivity index (χ1) is 13.1. The molecule has 2 N–H and O–H groups in total. The first-order valence-corrected chi connectivity index (χ1v) is 8.78. The Morgan fingerprint density at radius 3 is 2.26 bits per heavy atom. The van der Waals surface area contributed by atoms with Gasteiger partial charge in [-0.1, -0.05) is 30.3 Å². The molecule has 0 spiro atoms. The number of ether oxygens (including phenoxy) is 1. The Labute approximate surface area is 159 Å². The first kappa shape index (κ1) is 20.1. The highest BCUT2D eigenvalue weighted by Crippen LogP contribution is 2.34. The molecule has 1 aromatic carbocycles. The second-order valence-electron chi connectivity index (χ2n) is 6.42. The predicted octanol–water partition coefficient (Wildman–Crippen LogP) is 0.262. The quantitative estimate of drug-likeness (QED) is 0.781. The van der Waals surface area contributed by atoms with Crippen molar-refractivity contribution in [2.24, 2.45) is 5.92 Å². The molecule has 1 amide bonds. The van der Waals surface area contributed by atoms with Gasteiger partial charge in [-0.3, -0.25) is 4.79 Å². The summed E-state index contributed by atoms with van der Waals surface area (Å²) in [5.74, 6) is -1.84. The molecule has 1 saturated heterocycles. The Hall–Kier alpha value is -3.18. The third-order valence-corrected chi connectivity index (χ3v) is 4.52. The normalized spacial score (nSPS) is 19.8. The van der Waals surface area contributed by atoms with Crippen molar-refractivity contribution in [1.82, 2.24) is 5.32 Å². The van der Waals surface area contributed by atoms with E-state index in [1.54, 1.807) is 17.0 Å². The molecule has 0 aliphatic carbocycles. The molecule has 138 valence electrons. The number of likely N-dealkylation sites (N-methyl/N-ethyl adjacent to an activating group) is 1. The Morgan fingerprint density at radius 1 is 1.15 bits per heavy atom. The topological polar surface area (TPSA) is 114 Å². The van der Waals surface area contributed by atoms with Crippen LogP contribution in [-0.2, 0) is 9.53 Å². The average molecular weight is 364 g/mol. The van der Waals surface area contributed by atoms with E-state index in [0.29, 0.717) is 0 Å². The number of amides is 1. The summed E-state index contributed by atoms with van der Waals surface area (Å²) in [7, 11) is 2.20. The molecular weight excluding hydrogens is 342 g/mol. The van der Waals surface area contributed by atoms with Crippen LogP contribution in [0.25, 0.3) is 0 Å². The summed E-state index contributed by atoms with van der Waals surface area (Å²) in [6, 6.07) is 14.8. The number of benzene rings is 1. The number of hydrogen-bond donors (Lipinski definition) is 2. The standard InChI is InChI=1S/C15H10N4O.C5H11NO/c16-7-11(8-17)15-13(9-18)12(6-14(20)19-15)10-4-2-1-3-5-10;1-6-2-4-7-5-3-6/h1-5,11-12H,6H2,(H,19,20);2-5H2,1H3/p+1.